The van der Waals surface area contributed by atoms with Gasteiger partial charge in [-0.1, -0.05) is 35.9 Å². The van der Waals surface area contributed by atoms with Crippen LogP contribution in [0.15, 0.2) is 54.9 Å². The Balaban J connectivity index is 1.70. The monoisotopic (exact) mass is 471 g/mol. The van der Waals surface area contributed by atoms with Gasteiger partial charge in [-0.15, -0.1) is 11.3 Å². The van der Waals surface area contributed by atoms with Gasteiger partial charge in [0.15, 0.2) is 0 Å². The van der Waals surface area contributed by atoms with Crippen LogP contribution in [0.3, 0.4) is 0 Å². The number of nitrogens with two attached hydrogens (primary N) is 1. The number of thiophene rings is 1. The average molecular weight is 472 g/mol. The smallest absolute Gasteiger partial charge is 0.262 e. The lowest BCUT2D eigenvalue weighted by Crippen LogP contribution is -2.14. The fourth-order valence-corrected chi connectivity index (χ4v) is 4.71. The van der Waals surface area contributed by atoms with Crippen LogP contribution in [0.1, 0.15) is 33.8 Å². The number of nitrogens with zero attached hydrogens (tertiary/aromatic N) is 2. The molecule has 2 heterocycles. The van der Waals surface area contributed by atoms with Gasteiger partial charge in [0, 0.05) is 23.1 Å². The lowest BCUT2D eigenvalue weighted by molar-refractivity contribution is 0.0955. The first-order chi connectivity index (χ1) is 15.4. The molecule has 4 rings (SSSR count). The van der Waals surface area contributed by atoms with Crippen molar-refractivity contribution in [2.24, 2.45) is 5.73 Å². The molecule has 0 radical (unpaired) electrons. The van der Waals surface area contributed by atoms with Crippen molar-refractivity contribution in [2.45, 2.75) is 25.6 Å². The van der Waals surface area contributed by atoms with Gasteiger partial charge >= 0.3 is 0 Å². The Labute approximate surface area is 193 Å². The third-order valence-electron chi connectivity index (χ3n) is 5.09. The van der Waals surface area contributed by atoms with Gasteiger partial charge in [-0.3, -0.25) is 9.36 Å². The first-order valence-electron chi connectivity index (χ1n) is 9.97. The van der Waals surface area contributed by atoms with Gasteiger partial charge < -0.3 is 20.7 Å². The van der Waals surface area contributed by atoms with Crippen LogP contribution >= 0.6 is 22.9 Å². The van der Waals surface area contributed by atoms with E-state index < -0.39 is 18.1 Å². The second-order valence-corrected chi connectivity index (χ2v) is 8.84. The minimum atomic E-state index is -0.835. The second kappa shape index (κ2) is 9.30. The summed E-state index contributed by atoms with van der Waals surface area (Å²) in [6.07, 6.45) is 0.751. The SMILES string of the molecule is C[C@@H](Oc1cc(-n2cnc3ccc(CC(O)CO)cc32)sc1C(N)=O)c1ccccc1Cl. The van der Waals surface area contributed by atoms with Crippen LogP contribution in [-0.2, 0) is 6.42 Å². The van der Waals surface area contributed by atoms with Crippen LogP contribution in [0.5, 0.6) is 5.75 Å². The number of carbonyl (C=O) groups excluding carboxylic acids is 1. The molecular weight excluding hydrogens is 450 g/mol. The lowest BCUT2D eigenvalue weighted by Gasteiger charge is -2.16. The Bertz CT molecular complexity index is 1270. The second-order valence-electron chi connectivity index (χ2n) is 7.40. The van der Waals surface area contributed by atoms with E-state index in [-0.39, 0.29) is 6.61 Å². The zero-order chi connectivity index (χ0) is 22.8. The van der Waals surface area contributed by atoms with E-state index in [9.17, 15) is 9.90 Å². The molecule has 1 unspecified atom stereocenters. The van der Waals surface area contributed by atoms with Gasteiger partial charge in [-0.2, -0.15) is 0 Å². The van der Waals surface area contributed by atoms with Gasteiger partial charge in [-0.05, 0) is 30.7 Å². The Kier molecular flexibility index (Phi) is 6.48. The van der Waals surface area contributed by atoms with Crippen molar-refractivity contribution in [1.82, 2.24) is 9.55 Å². The molecule has 0 saturated carbocycles. The maximum atomic E-state index is 12.1. The van der Waals surface area contributed by atoms with Crippen molar-refractivity contribution in [2.75, 3.05) is 6.61 Å². The number of carbonyl (C=O) groups is 1. The third kappa shape index (κ3) is 4.49. The van der Waals surface area contributed by atoms with Crippen LogP contribution in [0.25, 0.3) is 16.0 Å². The third-order valence-corrected chi connectivity index (χ3v) is 6.56. The van der Waals surface area contributed by atoms with Crippen LogP contribution < -0.4 is 10.5 Å². The molecule has 32 heavy (non-hydrogen) atoms. The minimum Gasteiger partial charge on any atom is -0.484 e. The number of imidazole rings is 1. The van der Waals surface area contributed by atoms with E-state index >= 15 is 0 Å². The maximum Gasteiger partial charge on any atom is 0.262 e. The van der Waals surface area contributed by atoms with Gasteiger partial charge in [0.25, 0.3) is 5.91 Å². The number of primary amides is 1. The highest BCUT2D eigenvalue weighted by Gasteiger charge is 2.21. The molecule has 0 bridgehead atoms. The molecule has 0 saturated heterocycles. The molecule has 0 aliphatic heterocycles. The molecule has 1 amide bonds. The number of aliphatic hydroxyl groups excluding tert-OH is 2. The van der Waals surface area contributed by atoms with E-state index in [1.165, 1.54) is 11.3 Å². The summed E-state index contributed by atoms with van der Waals surface area (Å²) in [5.41, 5.74) is 8.84. The van der Waals surface area contributed by atoms with Crippen LogP contribution in [0, 0.1) is 0 Å². The van der Waals surface area contributed by atoms with Crippen molar-refractivity contribution >= 4 is 39.9 Å². The number of hydrogen-bond acceptors (Lipinski definition) is 6. The summed E-state index contributed by atoms with van der Waals surface area (Å²) >= 11 is 7.49. The van der Waals surface area contributed by atoms with Crippen LogP contribution in [0.4, 0.5) is 0 Å². The number of rotatable bonds is 8. The average Bonchev–Trinajstić information content (AvgIpc) is 3.37. The number of halogens is 1. The molecule has 9 heteroatoms. The topological polar surface area (TPSA) is 111 Å². The largest absolute Gasteiger partial charge is 0.484 e. The Morgan fingerprint density at radius 2 is 2.06 bits per heavy atom. The predicted octanol–water partition coefficient (Wildman–Crippen LogP) is 3.88. The van der Waals surface area contributed by atoms with E-state index in [4.69, 9.17) is 27.2 Å². The van der Waals surface area contributed by atoms with Gasteiger partial charge in [0.05, 0.1) is 23.7 Å². The summed E-state index contributed by atoms with van der Waals surface area (Å²) in [6.45, 7) is 1.54. The van der Waals surface area contributed by atoms with Crippen molar-refractivity contribution in [3.63, 3.8) is 0 Å². The molecule has 7 nitrogen and oxygen atoms in total. The number of ether oxygens (including phenoxy) is 1. The molecule has 0 aliphatic rings. The summed E-state index contributed by atoms with van der Waals surface area (Å²) < 4.78 is 7.93. The number of amides is 1. The predicted molar refractivity (Wildman–Crippen MR) is 125 cm³/mol. The number of benzene rings is 2. The van der Waals surface area contributed by atoms with Crippen molar-refractivity contribution in [3.05, 3.63) is 75.9 Å². The number of fused-ring (bicyclic) bond motifs is 1. The van der Waals surface area contributed by atoms with E-state index in [0.717, 1.165) is 22.2 Å². The highest BCUT2D eigenvalue weighted by molar-refractivity contribution is 7.16. The van der Waals surface area contributed by atoms with Crippen molar-refractivity contribution in [1.29, 1.82) is 0 Å². The molecule has 2 aromatic heterocycles. The molecule has 2 atom stereocenters. The molecule has 2 aromatic carbocycles. The fraction of sp³-hybridized carbons (Fsp3) is 0.217. The Morgan fingerprint density at radius 1 is 1.28 bits per heavy atom. The molecule has 0 aliphatic carbocycles. The van der Waals surface area contributed by atoms with E-state index in [0.29, 0.717) is 27.1 Å². The number of aromatic nitrogens is 2. The quantitative estimate of drug-likeness (QED) is 0.361. The normalized spacial score (nSPS) is 13.2. The molecule has 166 valence electrons. The molecule has 0 fully saturated rings. The molecule has 4 aromatic rings. The van der Waals surface area contributed by atoms with Gasteiger partial charge in [0.1, 0.15) is 28.1 Å². The zero-order valence-electron chi connectivity index (χ0n) is 17.2. The summed E-state index contributed by atoms with van der Waals surface area (Å²) in [5.74, 6) is -0.211. The van der Waals surface area contributed by atoms with Crippen molar-refractivity contribution < 1.29 is 19.7 Å². The minimum absolute atomic E-state index is 0.299. The van der Waals surface area contributed by atoms with E-state index in [2.05, 4.69) is 4.98 Å². The Hall–Kier alpha value is -2.91. The fourth-order valence-electron chi connectivity index (χ4n) is 3.49. The van der Waals surface area contributed by atoms with Gasteiger partial charge in [0.2, 0.25) is 0 Å². The molecular formula is C23H22ClN3O4S. The molecule has 0 spiro atoms. The first kappa shape index (κ1) is 22.3. The standard InChI is InChI=1S/C23H22ClN3O4S/c1-13(16-4-2-3-5-17(16)24)31-20-10-21(32-22(20)23(25)30)27-12-26-18-7-6-14(9-19(18)27)8-15(29)11-28/h2-7,9-10,12-13,15,28-29H,8,11H2,1H3,(H2,25,30)/t13-,15?/m1/s1. The zero-order valence-corrected chi connectivity index (χ0v) is 18.8. The number of aliphatic hydroxyl groups is 2. The highest BCUT2D eigenvalue weighted by Crippen LogP contribution is 2.37. The number of hydrogen-bond donors (Lipinski definition) is 3. The summed E-state index contributed by atoms with van der Waals surface area (Å²) in [7, 11) is 0. The molecule has 4 N–H and O–H groups in total. The van der Waals surface area contributed by atoms with Crippen LogP contribution in [-0.4, -0.2) is 38.4 Å². The highest BCUT2D eigenvalue weighted by atomic mass is 35.5. The van der Waals surface area contributed by atoms with E-state index in [1.54, 1.807) is 18.5 Å². The maximum absolute atomic E-state index is 12.1. The summed E-state index contributed by atoms with van der Waals surface area (Å²) in [6, 6.07) is 14.7. The summed E-state index contributed by atoms with van der Waals surface area (Å²) in [5, 5.41) is 20.2. The lowest BCUT2D eigenvalue weighted by atomic mass is 10.1. The summed E-state index contributed by atoms with van der Waals surface area (Å²) in [4.78, 5) is 16.8. The van der Waals surface area contributed by atoms with E-state index in [1.807, 2.05) is 47.9 Å². The van der Waals surface area contributed by atoms with Gasteiger partial charge in [-0.25, -0.2) is 4.98 Å². The Morgan fingerprint density at radius 3 is 2.78 bits per heavy atom. The van der Waals surface area contributed by atoms with Crippen LogP contribution in [0.2, 0.25) is 5.02 Å². The van der Waals surface area contributed by atoms with Crippen molar-refractivity contribution in [3.8, 4) is 10.8 Å². The first-order valence-corrected chi connectivity index (χ1v) is 11.2.